The van der Waals surface area contributed by atoms with E-state index in [0.29, 0.717) is 18.8 Å². The van der Waals surface area contributed by atoms with Gasteiger partial charge in [-0.2, -0.15) is 5.26 Å². The van der Waals surface area contributed by atoms with Crippen LogP contribution in [-0.2, 0) is 9.59 Å². The summed E-state index contributed by atoms with van der Waals surface area (Å²) in [5, 5.41) is 17.8. The number of nitrogens with zero attached hydrogens (tertiary/aromatic N) is 2. The predicted molar refractivity (Wildman–Crippen MR) is 99.7 cm³/mol. The van der Waals surface area contributed by atoms with Crippen molar-refractivity contribution in [2.45, 2.75) is 63.6 Å². The summed E-state index contributed by atoms with van der Waals surface area (Å²) in [5.74, 6) is -0.824. The number of carbonyl (C=O) groups is 3. The summed E-state index contributed by atoms with van der Waals surface area (Å²) in [6.07, 6.45) is 6.24. The zero-order chi connectivity index (χ0) is 20.3. The average Bonchev–Trinajstić information content (AvgIpc) is 3.18. The van der Waals surface area contributed by atoms with Crippen LogP contribution in [0.25, 0.3) is 0 Å². The third-order valence-corrected chi connectivity index (χ3v) is 5.21. The van der Waals surface area contributed by atoms with Gasteiger partial charge in [-0.3, -0.25) is 14.4 Å². The topological polar surface area (TPSA) is 140 Å². The van der Waals surface area contributed by atoms with E-state index in [1.807, 2.05) is 13.8 Å². The van der Waals surface area contributed by atoms with Crippen molar-refractivity contribution in [2.75, 3.05) is 0 Å². The van der Waals surface area contributed by atoms with E-state index in [1.54, 1.807) is 0 Å². The Bertz CT molecular complexity index is 778. The summed E-state index contributed by atoms with van der Waals surface area (Å²) in [4.78, 5) is 43.7. The molecule has 1 aliphatic carbocycles. The van der Waals surface area contributed by atoms with Gasteiger partial charge >= 0.3 is 0 Å². The van der Waals surface area contributed by atoms with E-state index >= 15 is 0 Å². The molecule has 0 aromatic carbocycles. The highest BCUT2D eigenvalue weighted by atomic mass is 16.2. The van der Waals surface area contributed by atoms with Crippen LogP contribution in [0, 0.1) is 23.2 Å². The highest BCUT2D eigenvalue weighted by Crippen LogP contribution is 2.33. The van der Waals surface area contributed by atoms with E-state index in [4.69, 9.17) is 0 Å². The Balaban J connectivity index is 1.60. The molecule has 3 rings (SSSR count). The molecular formula is C19H26N6O3. The highest BCUT2D eigenvalue weighted by Gasteiger charge is 2.39. The maximum Gasteiger partial charge on any atom is 0.269 e. The first-order chi connectivity index (χ1) is 13.3. The van der Waals surface area contributed by atoms with E-state index in [9.17, 15) is 19.6 Å². The molecule has 2 fully saturated rings. The zero-order valence-electron chi connectivity index (χ0n) is 16.1. The number of hydrogen-bond acceptors (Lipinski definition) is 5. The number of aromatic amines is 1. The number of carbonyl (C=O) groups excluding carboxylic acids is 3. The third kappa shape index (κ3) is 5.09. The van der Waals surface area contributed by atoms with Crippen LogP contribution in [0.5, 0.6) is 0 Å². The Labute approximate surface area is 163 Å². The van der Waals surface area contributed by atoms with E-state index in [-0.39, 0.29) is 29.5 Å². The molecule has 0 bridgehead atoms. The monoisotopic (exact) mass is 386 g/mol. The van der Waals surface area contributed by atoms with Gasteiger partial charge < -0.3 is 20.9 Å². The minimum atomic E-state index is -0.789. The summed E-state index contributed by atoms with van der Waals surface area (Å²) in [7, 11) is 0. The fourth-order valence-electron chi connectivity index (χ4n) is 3.62. The zero-order valence-corrected chi connectivity index (χ0v) is 16.1. The van der Waals surface area contributed by atoms with Gasteiger partial charge in [0.1, 0.15) is 17.8 Å². The molecular weight excluding hydrogens is 360 g/mol. The van der Waals surface area contributed by atoms with Crippen molar-refractivity contribution in [1.29, 1.82) is 5.26 Å². The van der Waals surface area contributed by atoms with Gasteiger partial charge in [0, 0.05) is 11.5 Å². The molecule has 2 heterocycles. The normalized spacial score (nSPS) is 22.6. The number of rotatable bonds is 8. The van der Waals surface area contributed by atoms with Gasteiger partial charge in [0.2, 0.25) is 11.8 Å². The smallest absolute Gasteiger partial charge is 0.269 e. The van der Waals surface area contributed by atoms with Crippen molar-refractivity contribution in [3.63, 3.8) is 0 Å². The van der Waals surface area contributed by atoms with Crippen molar-refractivity contribution in [3.8, 4) is 6.07 Å². The summed E-state index contributed by atoms with van der Waals surface area (Å²) >= 11 is 0. The third-order valence-electron chi connectivity index (χ3n) is 5.21. The number of aromatic nitrogens is 2. The van der Waals surface area contributed by atoms with Crippen LogP contribution in [0.15, 0.2) is 12.5 Å². The molecule has 1 saturated carbocycles. The molecule has 0 unspecified atom stereocenters. The quantitative estimate of drug-likeness (QED) is 0.518. The van der Waals surface area contributed by atoms with Crippen molar-refractivity contribution >= 4 is 17.7 Å². The Morgan fingerprint density at radius 1 is 1.36 bits per heavy atom. The van der Waals surface area contributed by atoms with Crippen LogP contribution in [0.3, 0.4) is 0 Å². The number of nitriles is 1. The second kappa shape index (κ2) is 8.00. The van der Waals surface area contributed by atoms with Crippen molar-refractivity contribution in [2.24, 2.45) is 11.8 Å². The van der Waals surface area contributed by atoms with Crippen LogP contribution in [0.1, 0.15) is 56.4 Å². The summed E-state index contributed by atoms with van der Waals surface area (Å²) in [5.41, 5.74) is -0.0338. The molecule has 9 nitrogen and oxygen atoms in total. The molecule has 0 radical (unpaired) electrons. The molecule has 1 aliphatic heterocycles. The van der Waals surface area contributed by atoms with Crippen molar-refractivity contribution < 1.29 is 14.4 Å². The molecule has 4 N–H and O–H groups in total. The molecule has 0 spiro atoms. The second-order valence-electron chi connectivity index (χ2n) is 8.37. The van der Waals surface area contributed by atoms with Crippen molar-refractivity contribution in [1.82, 2.24) is 25.9 Å². The fourth-order valence-corrected chi connectivity index (χ4v) is 3.62. The lowest BCUT2D eigenvalue weighted by atomic mass is 9.92. The van der Waals surface area contributed by atoms with Gasteiger partial charge in [0.05, 0.1) is 18.6 Å². The lowest BCUT2D eigenvalue weighted by Gasteiger charge is -2.21. The largest absolute Gasteiger partial charge is 0.351 e. The minimum absolute atomic E-state index is 0.0958. The number of imidazole rings is 1. The van der Waals surface area contributed by atoms with Crippen LogP contribution in [-0.4, -0.2) is 45.3 Å². The van der Waals surface area contributed by atoms with E-state index in [0.717, 1.165) is 12.8 Å². The van der Waals surface area contributed by atoms with Gasteiger partial charge in [-0.25, -0.2) is 4.98 Å². The molecule has 1 aromatic heterocycles. The SMILES string of the molecule is CC1(C)C[C@@H](C[C@@H](C#N)NC(=O)[C@H](CC2CC2)NC(=O)c2cnc[nH]2)C(=O)N1. The Morgan fingerprint density at radius 2 is 2.11 bits per heavy atom. The lowest BCUT2D eigenvalue weighted by molar-refractivity contribution is -0.125. The summed E-state index contributed by atoms with van der Waals surface area (Å²) in [6, 6.07) is 0.554. The highest BCUT2D eigenvalue weighted by molar-refractivity contribution is 5.96. The van der Waals surface area contributed by atoms with E-state index in [2.05, 4.69) is 32.0 Å². The van der Waals surface area contributed by atoms with Gasteiger partial charge in [-0.1, -0.05) is 12.8 Å². The molecule has 150 valence electrons. The van der Waals surface area contributed by atoms with Gasteiger partial charge in [0.15, 0.2) is 0 Å². The molecule has 3 atom stereocenters. The first-order valence-corrected chi connectivity index (χ1v) is 9.58. The van der Waals surface area contributed by atoms with Gasteiger partial charge in [-0.15, -0.1) is 0 Å². The van der Waals surface area contributed by atoms with Gasteiger partial charge in [-0.05, 0) is 39.0 Å². The maximum atomic E-state index is 12.8. The number of amides is 3. The first-order valence-electron chi connectivity index (χ1n) is 9.58. The van der Waals surface area contributed by atoms with E-state index in [1.165, 1.54) is 12.5 Å². The number of nitrogens with one attached hydrogen (secondary N) is 4. The van der Waals surface area contributed by atoms with Crippen LogP contribution in [0.2, 0.25) is 0 Å². The molecule has 9 heteroatoms. The summed E-state index contributed by atoms with van der Waals surface area (Å²) < 4.78 is 0. The molecule has 1 saturated heterocycles. The number of H-pyrrole nitrogens is 1. The molecule has 2 aliphatic rings. The fraction of sp³-hybridized carbons (Fsp3) is 0.632. The van der Waals surface area contributed by atoms with Crippen molar-refractivity contribution in [3.05, 3.63) is 18.2 Å². The van der Waals surface area contributed by atoms with Crippen LogP contribution >= 0.6 is 0 Å². The number of hydrogen-bond donors (Lipinski definition) is 4. The first kappa shape index (κ1) is 19.9. The molecule has 3 amide bonds. The van der Waals surface area contributed by atoms with Gasteiger partial charge in [0.25, 0.3) is 5.91 Å². The maximum absolute atomic E-state index is 12.8. The Hall–Kier alpha value is -2.89. The lowest BCUT2D eigenvalue weighted by Crippen LogP contribution is -2.50. The van der Waals surface area contributed by atoms with Crippen LogP contribution < -0.4 is 16.0 Å². The second-order valence-corrected chi connectivity index (χ2v) is 8.37. The Kier molecular flexibility index (Phi) is 5.68. The predicted octanol–water partition coefficient (Wildman–Crippen LogP) is 0.621. The summed E-state index contributed by atoms with van der Waals surface area (Å²) in [6.45, 7) is 3.86. The minimum Gasteiger partial charge on any atom is -0.351 e. The molecule has 28 heavy (non-hydrogen) atoms. The van der Waals surface area contributed by atoms with Crippen LogP contribution in [0.4, 0.5) is 0 Å². The standard InChI is InChI=1S/C19H26N6O3/c1-19(2)7-12(16(26)25-19)6-13(8-20)23-17(27)14(5-11-3-4-11)24-18(28)15-9-21-10-22-15/h9-14H,3-7H2,1-2H3,(H,21,22)(H,23,27)(H,24,28)(H,25,26)/t12-,13+,14+/m1/s1. The van der Waals surface area contributed by atoms with E-state index < -0.39 is 23.9 Å². The average molecular weight is 386 g/mol. The molecule has 1 aromatic rings. The Morgan fingerprint density at radius 3 is 2.64 bits per heavy atom.